The number of hydrogen-bond acceptors (Lipinski definition) is 3. The van der Waals surface area contributed by atoms with Crippen LogP contribution in [0.25, 0.3) is 0 Å². The van der Waals surface area contributed by atoms with E-state index >= 15 is 0 Å². The molecule has 24 heavy (non-hydrogen) atoms. The van der Waals surface area contributed by atoms with Gasteiger partial charge in [-0.3, -0.25) is 4.79 Å². The Labute approximate surface area is 152 Å². The Kier molecular flexibility index (Phi) is 5.04. The standard InChI is InChI=1S/C20H25NOS2/c22-19(9-8-15-5-2-1-3-6-15)21-12-10-17-16(11-14-24-17)20(21)18-7-4-13-23-18/h4,7,11,13-15,20H,1-3,5-6,8-10,12H2. The quantitative estimate of drug-likeness (QED) is 0.691. The Morgan fingerprint density at radius 1 is 1.12 bits per heavy atom. The number of amides is 1. The molecule has 2 aliphatic rings. The molecule has 1 saturated carbocycles. The van der Waals surface area contributed by atoms with Crippen molar-refractivity contribution in [2.24, 2.45) is 5.92 Å². The number of thiophene rings is 2. The Morgan fingerprint density at radius 3 is 2.79 bits per heavy atom. The van der Waals surface area contributed by atoms with E-state index in [1.54, 1.807) is 11.3 Å². The SMILES string of the molecule is O=C(CCC1CCCCC1)N1CCc2sccc2C1c1cccs1. The first-order valence-corrected chi connectivity index (χ1v) is 11.0. The summed E-state index contributed by atoms with van der Waals surface area (Å²) in [5, 5.41) is 4.31. The normalized spacial score (nSPS) is 21.7. The van der Waals surface area contributed by atoms with Crippen molar-refractivity contribution < 1.29 is 4.79 Å². The molecule has 1 atom stereocenters. The molecule has 0 saturated heterocycles. The van der Waals surface area contributed by atoms with E-state index in [2.05, 4.69) is 33.9 Å². The van der Waals surface area contributed by atoms with Gasteiger partial charge in [0.1, 0.15) is 0 Å². The first-order valence-electron chi connectivity index (χ1n) is 9.22. The summed E-state index contributed by atoms with van der Waals surface area (Å²) in [6.45, 7) is 0.875. The molecule has 0 spiro atoms. The van der Waals surface area contributed by atoms with Gasteiger partial charge in [0.25, 0.3) is 0 Å². The van der Waals surface area contributed by atoms with Crippen LogP contribution in [0.4, 0.5) is 0 Å². The molecule has 0 radical (unpaired) electrons. The van der Waals surface area contributed by atoms with Crippen molar-refractivity contribution in [3.05, 3.63) is 44.3 Å². The van der Waals surface area contributed by atoms with Crippen LogP contribution in [-0.4, -0.2) is 17.4 Å². The molecule has 1 aliphatic carbocycles. The van der Waals surface area contributed by atoms with Crippen molar-refractivity contribution in [1.29, 1.82) is 0 Å². The molecule has 1 unspecified atom stereocenters. The molecule has 2 aromatic heterocycles. The minimum absolute atomic E-state index is 0.152. The van der Waals surface area contributed by atoms with Crippen molar-refractivity contribution in [2.45, 2.75) is 57.4 Å². The number of fused-ring (bicyclic) bond motifs is 1. The lowest BCUT2D eigenvalue weighted by molar-refractivity contribution is -0.133. The third kappa shape index (κ3) is 3.31. The molecule has 2 aromatic rings. The highest BCUT2D eigenvalue weighted by Gasteiger charge is 2.33. The maximum Gasteiger partial charge on any atom is 0.223 e. The highest BCUT2D eigenvalue weighted by molar-refractivity contribution is 7.10. The van der Waals surface area contributed by atoms with E-state index in [9.17, 15) is 4.79 Å². The lowest BCUT2D eigenvalue weighted by Crippen LogP contribution is -2.39. The van der Waals surface area contributed by atoms with Crippen LogP contribution < -0.4 is 0 Å². The van der Waals surface area contributed by atoms with Gasteiger partial charge in [0.05, 0.1) is 6.04 Å². The molecular weight excluding hydrogens is 334 g/mol. The topological polar surface area (TPSA) is 20.3 Å². The predicted octanol–water partition coefficient (Wildman–Crippen LogP) is 5.64. The van der Waals surface area contributed by atoms with Gasteiger partial charge >= 0.3 is 0 Å². The number of nitrogens with zero attached hydrogens (tertiary/aromatic N) is 1. The maximum absolute atomic E-state index is 13.0. The van der Waals surface area contributed by atoms with Crippen molar-refractivity contribution in [1.82, 2.24) is 4.90 Å². The third-order valence-electron chi connectivity index (χ3n) is 5.59. The molecule has 0 N–H and O–H groups in total. The van der Waals surface area contributed by atoms with E-state index in [4.69, 9.17) is 0 Å². The zero-order valence-corrected chi connectivity index (χ0v) is 15.7. The van der Waals surface area contributed by atoms with E-state index in [1.807, 2.05) is 11.3 Å². The average molecular weight is 360 g/mol. The van der Waals surface area contributed by atoms with Gasteiger partial charge < -0.3 is 4.90 Å². The summed E-state index contributed by atoms with van der Waals surface area (Å²) in [5.74, 6) is 1.14. The molecular formula is C20H25NOS2. The first-order chi connectivity index (χ1) is 11.8. The number of carbonyl (C=O) groups is 1. The largest absolute Gasteiger partial charge is 0.330 e. The molecule has 0 aromatic carbocycles. The first kappa shape index (κ1) is 16.3. The second-order valence-corrected chi connectivity index (χ2v) is 9.08. The second kappa shape index (κ2) is 7.40. The van der Waals surface area contributed by atoms with E-state index in [1.165, 1.54) is 47.4 Å². The summed E-state index contributed by atoms with van der Waals surface area (Å²) in [6.07, 6.45) is 9.60. The molecule has 4 rings (SSSR count). The summed E-state index contributed by atoms with van der Waals surface area (Å²) in [6, 6.07) is 6.67. The fourth-order valence-corrected chi connectivity index (χ4v) is 6.04. The van der Waals surface area contributed by atoms with Crippen LogP contribution in [0.15, 0.2) is 29.0 Å². The van der Waals surface area contributed by atoms with Crippen LogP contribution in [-0.2, 0) is 11.2 Å². The van der Waals surface area contributed by atoms with E-state index in [-0.39, 0.29) is 6.04 Å². The fourth-order valence-electron chi connectivity index (χ4n) is 4.29. The Balaban J connectivity index is 1.49. The Morgan fingerprint density at radius 2 is 2.00 bits per heavy atom. The third-order valence-corrected chi connectivity index (χ3v) is 7.51. The zero-order valence-electron chi connectivity index (χ0n) is 14.1. The van der Waals surface area contributed by atoms with Crippen LogP contribution in [0.2, 0.25) is 0 Å². The van der Waals surface area contributed by atoms with E-state index < -0.39 is 0 Å². The summed E-state index contributed by atoms with van der Waals surface area (Å²) < 4.78 is 0. The molecule has 3 heterocycles. The van der Waals surface area contributed by atoms with Crippen LogP contribution in [0.3, 0.4) is 0 Å². The molecule has 1 amide bonds. The second-order valence-electron chi connectivity index (χ2n) is 7.10. The van der Waals surface area contributed by atoms with E-state index in [0.29, 0.717) is 5.91 Å². The zero-order chi connectivity index (χ0) is 16.4. The summed E-state index contributed by atoms with van der Waals surface area (Å²) >= 11 is 3.62. The van der Waals surface area contributed by atoms with Crippen LogP contribution in [0, 0.1) is 5.92 Å². The smallest absolute Gasteiger partial charge is 0.223 e. The number of hydrogen-bond donors (Lipinski definition) is 0. The summed E-state index contributed by atoms with van der Waals surface area (Å²) in [4.78, 5) is 17.9. The van der Waals surface area contributed by atoms with Crippen molar-refractivity contribution >= 4 is 28.6 Å². The van der Waals surface area contributed by atoms with Gasteiger partial charge in [0.2, 0.25) is 5.91 Å². The van der Waals surface area contributed by atoms with Crippen LogP contribution in [0.1, 0.15) is 66.3 Å². The van der Waals surface area contributed by atoms with Crippen LogP contribution >= 0.6 is 22.7 Å². The van der Waals surface area contributed by atoms with Crippen molar-refractivity contribution in [2.75, 3.05) is 6.54 Å². The lowest BCUT2D eigenvalue weighted by Gasteiger charge is -2.36. The highest BCUT2D eigenvalue weighted by Crippen LogP contribution is 2.40. The number of carbonyl (C=O) groups excluding carboxylic acids is 1. The molecule has 1 aliphatic heterocycles. The predicted molar refractivity (Wildman–Crippen MR) is 102 cm³/mol. The Bertz CT molecular complexity index is 670. The van der Waals surface area contributed by atoms with Crippen molar-refractivity contribution in [3.63, 3.8) is 0 Å². The minimum Gasteiger partial charge on any atom is -0.330 e. The van der Waals surface area contributed by atoms with Gasteiger partial charge in [-0.1, -0.05) is 38.2 Å². The maximum atomic E-state index is 13.0. The minimum atomic E-state index is 0.152. The molecule has 128 valence electrons. The van der Waals surface area contributed by atoms with Gasteiger partial charge in [-0.05, 0) is 47.2 Å². The average Bonchev–Trinajstić information content (AvgIpc) is 3.31. The molecule has 0 bridgehead atoms. The Hall–Kier alpha value is -1.13. The molecule has 4 heteroatoms. The lowest BCUT2D eigenvalue weighted by atomic mass is 9.86. The molecule has 1 fully saturated rings. The highest BCUT2D eigenvalue weighted by atomic mass is 32.1. The van der Waals surface area contributed by atoms with E-state index in [0.717, 1.165) is 31.7 Å². The van der Waals surface area contributed by atoms with Gasteiger partial charge in [0.15, 0.2) is 0 Å². The summed E-state index contributed by atoms with van der Waals surface area (Å²) in [7, 11) is 0. The fraction of sp³-hybridized carbons (Fsp3) is 0.550. The van der Waals surface area contributed by atoms with Crippen LogP contribution in [0.5, 0.6) is 0 Å². The van der Waals surface area contributed by atoms with Gasteiger partial charge in [-0.2, -0.15) is 0 Å². The van der Waals surface area contributed by atoms with Crippen molar-refractivity contribution in [3.8, 4) is 0 Å². The monoisotopic (exact) mass is 359 g/mol. The molecule has 2 nitrogen and oxygen atoms in total. The van der Waals surface area contributed by atoms with Gasteiger partial charge in [-0.15, -0.1) is 22.7 Å². The van der Waals surface area contributed by atoms with Gasteiger partial charge in [-0.25, -0.2) is 0 Å². The van der Waals surface area contributed by atoms with Gasteiger partial charge in [0, 0.05) is 22.7 Å². The summed E-state index contributed by atoms with van der Waals surface area (Å²) in [5.41, 5.74) is 1.36. The number of rotatable bonds is 4.